The van der Waals surface area contributed by atoms with Crippen LogP contribution in [0, 0.1) is 11.8 Å². The van der Waals surface area contributed by atoms with E-state index in [1.807, 2.05) is 0 Å². The van der Waals surface area contributed by atoms with Crippen LogP contribution in [0.25, 0.3) is 0 Å². The van der Waals surface area contributed by atoms with Gasteiger partial charge in [-0.25, -0.2) is 4.79 Å². The van der Waals surface area contributed by atoms with Crippen LogP contribution in [0.3, 0.4) is 0 Å². The minimum Gasteiger partial charge on any atom is -0.453 e. The molecule has 9 heteroatoms. The number of alkyl halides is 2. The number of esters is 1. The lowest BCUT2D eigenvalue weighted by Gasteiger charge is -2.37. The Kier molecular flexibility index (Phi) is 5.34. The van der Waals surface area contributed by atoms with Gasteiger partial charge in [0.2, 0.25) is 0 Å². The Hall–Kier alpha value is -1.09. The monoisotopic (exact) mass is 342 g/mol. The third-order valence-corrected chi connectivity index (χ3v) is 5.22. The molecule has 0 aliphatic heterocycles. The van der Waals surface area contributed by atoms with E-state index in [1.54, 1.807) is 20.8 Å². The van der Waals surface area contributed by atoms with Gasteiger partial charge in [-0.05, 0) is 25.2 Å². The summed E-state index contributed by atoms with van der Waals surface area (Å²) in [6.07, 6.45) is 0.601. The van der Waals surface area contributed by atoms with E-state index in [-0.39, 0.29) is 31.0 Å². The summed E-state index contributed by atoms with van der Waals surface area (Å²) in [6.45, 7) is 4.98. The van der Waals surface area contributed by atoms with Crippen molar-refractivity contribution in [3.05, 3.63) is 0 Å². The Balaban J connectivity index is 3.10. The summed E-state index contributed by atoms with van der Waals surface area (Å²) in [5.41, 5.74) is -1.36. The van der Waals surface area contributed by atoms with Crippen molar-refractivity contribution in [1.29, 1.82) is 0 Å². The number of halogens is 2. The molecular weight excluding hydrogens is 322 g/mol. The molecular formula is C13H20F2O6S. The second kappa shape index (κ2) is 6.19. The lowest BCUT2D eigenvalue weighted by molar-refractivity contribution is -0.185. The molecule has 128 valence electrons. The number of ether oxygens (including phenoxy) is 1. The maximum atomic E-state index is 13.4. The Bertz CT molecular complexity index is 559. The Morgan fingerprint density at radius 3 is 2.45 bits per heavy atom. The first-order valence-corrected chi connectivity index (χ1v) is 8.42. The molecule has 0 saturated heterocycles. The quantitative estimate of drug-likeness (QED) is 0.478. The van der Waals surface area contributed by atoms with Crippen LogP contribution in [0.4, 0.5) is 8.78 Å². The van der Waals surface area contributed by atoms with Crippen LogP contribution in [0.1, 0.15) is 46.5 Å². The van der Waals surface area contributed by atoms with Gasteiger partial charge in [-0.2, -0.15) is 17.2 Å². The van der Waals surface area contributed by atoms with E-state index in [9.17, 15) is 26.8 Å². The summed E-state index contributed by atoms with van der Waals surface area (Å²) in [4.78, 5) is 23.3. The highest BCUT2D eigenvalue weighted by atomic mass is 32.2. The molecule has 0 heterocycles. The fourth-order valence-electron chi connectivity index (χ4n) is 2.80. The maximum absolute atomic E-state index is 13.4. The Morgan fingerprint density at radius 1 is 1.45 bits per heavy atom. The average molecular weight is 342 g/mol. The normalized spacial score (nSPS) is 30.7. The standard InChI is InChI=1S/C13H20F2O6S/c1-4-12(6-5-10(16)8(2)7-9(12)3)21-11(17)13(14,15)22(18,19)20/h8-9H,4-7H2,1-3H3,(H,18,19,20)/t8-,9+,12?/m1/s1. The fourth-order valence-corrected chi connectivity index (χ4v) is 3.05. The number of hydrogen-bond acceptors (Lipinski definition) is 5. The molecule has 1 unspecified atom stereocenters. The highest BCUT2D eigenvalue weighted by Crippen LogP contribution is 2.40. The lowest BCUT2D eigenvalue weighted by atomic mass is 9.81. The van der Waals surface area contributed by atoms with Crippen molar-refractivity contribution < 1.29 is 36.1 Å². The molecule has 6 nitrogen and oxygen atoms in total. The van der Waals surface area contributed by atoms with Crippen LogP contribution < -0.4 is 0 Å². The van der Waals surface area contributed by atoms with Crippen LogP contribution in [-0.2, 0) is 24.4 Å². The minimum absolute atomic E-state index is 0.0428. The van der Waals surface area contributed by atoms with Gasteiger partial charge in [-0.15, -0.1) is 0 Å². The zero-order valence-corrected chi connectivity index (χ0v) is 13.5. The number of Topliss-reactive ketones (excluding diaryl/α,β-unsaturated/α-hetero) is 1. The highest BCUT2D eigenvalue weighted by Gasteiger charge is 2.57. The molecule has 0 spiro atoms. The maximum Gasteiger partial charge on any atom is 0.465 e. The van der Waals surface area contributed by atoms with Crippen molar-refractivity contribution in [3.8, 4) is 0 Å². The predicted octanol–water partition coefficient (Wildman–Crippen LogP) is 2.18. The van der Waals surface area contributed by atoms with E-state index in [2.05, 4.69) is 0 Å². The first-order chi connectivity index (χ1) is 9.87. The number of carbonyl (C=O) groups excluding carboxylic acids is 2. The molecule has 1 fully saturated rings. The van der Waals surface area contributed by atoms with Crippen molar-refractivity contribution >= 4 is 21.9 Å². The number of rotatable bonds is 4. The van der Waals surface area contributed by atoms with Crippen molar-refractivity contribution in [2.75, 3.05) is 0 Å². The predicted molar refractivity (Wildman–Crippen MR) is 72.8 cm³/mol. The Labute approximate surface area is 128 Å². The summed E-state index contributed by atoms with van der Waals surface area (Å²) in [5, 5.41) is -5.03. The Morgan fingerprint density at radius 2 is 2.00 bits per heavy atom. The van der Waals surface area contributed by atoms with Gasteiger partial charge in [0, 0.05) is 12.3 Å². The molecule has 1 N–H and O–H groups in total. The zero-order valence-electron chi connectivity index (χ0n) is 12.6. The molecule has 3 atom stereocenters. The van der Waals surface area contributed by atoms with Gasteiger partial charge >= 0.3 is 21.3 Å². The second-order valence-electron chi connectivity index (χ2n) is 5.80. The molecule has 1 saturated carbocycles. The van der Waals surface area contributed by atoms with Crippen LogP contribution in [0.5, 0.6) is 0 Å². The summed E-state index contributed by atoms with van der Waals surface area (Å²) < 4.78 is 61.3. The average Bonchev–Trinajstić information content (AvgIpc) is 2.49. The van der Waals surface area contributed by atoms with Gasteiger partial charge in [-0.3, -0.25) is 9.35 Å². The van der Waals surface area contributed by atoms with E-state index in [1.165, 1.54) is 0 Å². The van der Waals surface area contributed by atoms with Gasteiger partial charge in [0.15, 0.2) is 0 Å². The smallest absolute Gasteiger partial charge is 0.453 e. The molecule has 22 heavy (non-hydrogen) atoms. The van der Waals surface area contributed by atoms with Crippen LogP contribution >= 0.6 is 0 Å². The van der Waals surface area contributed by atoms with E-state index in [0.29, 0.717) is 6.42 Å². The fraction of sp³-hybridized carbons (Fsp3) is 0.846. The van der Waals surface area contributed by atoms with Crippen molar-refractivity contribution in [2.45, 2.75) is 57.3 Å². The van der Waals surface area contributed by atoms with Crippen molar-refractivity contribution in [2.24, 2.45) is 11.8 Å². The van der Waals surface area contributed by atoms with E-state index in [4.69, 9.17) is 9.29 Å². The topological polar surface area (TPSA) is 97.7 Å². The summed E-state index contributed by atoms with van der Waals surface area (Å²) in [7, 11) is -5.91. The van der Waals surface area contributed by atoms with Gasteiger partial charge < -0.3 is 4.74 Å². The van der Waals surface area contributed by atoms with Gasteiger partial charge in [0.1, 0.15) is 11.4 Å². The first-order valence-electron chi connectivity index (χ1n) is 6.98. The summed E-state index contributed by atoms with van der Waals surface area (Å²) in [5.74, 6) is -3.06. The van der Waals surface area contributed by atoms with Crippen molar-refractivity contribution in [3.63, 3.8) is 0 Å². The van der Waals surface area contributed by atoms with Gasteiger partial charge in [-0.1, -0.05) is 20.8 Å². The van der Waals surface area contributed by atoms with Crippen LogP contribution in [-0.4, -0.2) is 35.6 Å². The molecule has 0 amide bonds. The van der Waals surface area contributed by atoms with Crippen LogP contribution in [0.2, 0.25) is 0 Å². The molecule has 1 aliphatic carbocycles. The highest BCUT2D eigenvalue weighted by molar-refractivity contribution is 7.87. The van der Waals surface area contributed by atoms with E-state index < -0.39 is 32.9 Å². The molecule has 0 radical (unpaired) electrons. The molecule has 1 aliphatic rings. The third-order valence-electron chi connectivity index (χ3n) is 4.41. The van der Waals surface area contributed by atoms with Gasteiger partial charge in [0.05, 0.1) is 0 Å². The summed E-state index contributed by atoms with van der Waals surface area (Å²) in [6, 6.07) is 0. The first kappa shape index (κ1) is 19.0. The molecule has 1 rings (SSSR count). The largest absolute Gasteiger partial charge is 0.465 e. The molecule has 0 aromatic rings. The lowest BCUT2D eigenvalue weighted by Crippen LogP contribution is -2.47. The zero-order chi connectivity index (χ0) is 17.3. The van der Waals surface area contributed by atoms with Crippen LogP contribution in [0.15, 0.2) is 0 Å². The third kappa shape index (κ3) is 3.45. The molecule has 0 aromatic heterocycles. The summed E-state index contributed by atoms with van der Waals surface area (Å²) >= 11 is 0. The SMILES string of the molecule is CCC1(OC(=O)C(F)(F)S(=O)(=O)O)CCC(=O)[C@H](C)C[C@@H]1C. The van der Waals surface area contributed by atoms with E-state index >= 15 is 0 Å². The minimum atomic E-state index is -5.91. The number of ketones is 1. The van der Waals surface area contributed by atoms with Crippen molar-refractivity contribution in [1.82, 2.24) is 0 Å². The second-order valence-corrected chi connectivity index (χ2v) is 7.27. The molecule has 0 aromatic carbocycles. The number of carbonyl (C=O) groups is 2. The van der Waals surface area contributed by atoms with E-state index in [0.717, 1.165) is 0 Å². The number of hydrogen-bond donors (Lipinski definition) is 1. The molecule has 0 bridgehead atoms. The van der Waals surface area contributed by atoms with Gasteiger partial charge in [0.25, 0.3) is 0 Å².